The van der Waals surface area contributed by atoms with Crippen molar-refractivity contribution in [1.29, 1.82) is 0 Å². The maximum atomic E-state index is 12.2. The average molecular weight is 301 g/mol. The number of H-pyrrole nitrogens is 1. The summed E-state index contributed by atoms with van der Waals surface area (Å²) in [5.41, 5.74) is 1.41. The van der Waals surface area contributed by atoms with E-state index in [2.05, 4.69) is 9.97 Å². The molecule has 1 aromatic carbocycles. The number of benzene rings is 1. The fourth-order valence-electron chi connectivity index (χ4n) is 2.13. The fraction of sp³-hybridized carbons (Fsp3) is 0.143. The second-order valence-electron chi connectivity index (χ2n) is 4.68. The molecule has 0 amide bonds. The van der Waals surface area contributed by atoms with Crippen LogP contribution >= 0.6 is 11.3 Å². The summed E-state index contributed by atoms with van der Waals surface area (Å²) in [7, 11) is 0. The zero-order valence-corrected chi connectivity index (χ0v) is 12.2. The Morgan fingerprint density at radius 3 is 2.52 bits per heavy atom. The van der Waals surface area contributed by atoms with Crippen LogP contribution in [0.5, 0.6) is 0 Å². The summed E-state index contributed by atoms with van der Waals surface area (Å²) in [5.74, 6) is 0.420. The third-order valence-electron chi connectivity index (χ3n) is 3.39. The van der Waals surface area contributed by atoms with E-state index in [0.717, 1.165) is 10.4 Å². The molecule has 2 aromatic heterocycles. The van der Waals surface area contributed by atoms with Crippen LogP contribution in [0.15, 0.2) is 29.1 Å². The van der Waals surface area contributed by atoms with Gasteiger partial charge < -0.3 is 4.98 Å². The van der Waals surface area contributed by atoms with Gasteiger partial charge in [0, 0.05) is 22.6 Å². The number of hydrogen-bond acceptors (Lipinski definition) is 5. The van der Waals surface area contributed by atoms with Gasteiger partial charge in [-0.15, -0.1) is 11.3 Å². The Labute approximate surface area is 123 Å². The molecule has 0 unspecified atom stereocenters. The molecule has 7 heteroatoms. The number of aryl methyl sites for hydroxylation is 2. The van der Waals surface area contributed by atoms with Crippen molar-refractivity contribution in [3.05, 3.63) is 55.2 Å². The highest BCUT2D eigenvalue weighted by atomic mass is 32.1. The Kier molecular flexibility index (Phi) is 3.06. The second-order valence-corrected chi connectivity index (χ2v) is 5.89. The molecule has 3 aromatic rings. The van der Waals surface area contributed by atoms with Gasteiger partial charge >= 0.3 is 0 Å². The number of nitro groups is 1. The predicted molar refractivity (Wildman–Crippen MR) is 81.8 cm³/mol. The van der Waals surface area contributed by atoms with Crippen LogP contribution in [-0.4, -0.2) is 14.9 Å². The molecule has 0 aliphatic rings. The number of aromatic amines is 1. The van der Waals surface area contributed by atoms with Crippen LogP contribution < -0.4 is 5.56 Å². The molecule has 0 fully saturated rings. The highest BCUT2D eigenvalue weighted by Gasteiger charge is 2.13. The largest absolute Gasteiger partial charge is 0.306 e. The number of nitrogens with zero attached hydrogens (tertiary/aromatic N) is 2. The van der Waals surface area contributed by atoms with E-state index in [1.807, 2.05) is 13.8 Å². The lowest BCUT2D eigenvalue weighted by atomic mass is 10.2. The molecule has 21 heavy (non-hydrogen) atoms. The Bertz CT molecular complexity index is 910. The van der Waals surface area contributed by atoms with Crippen molar-refractivity contribution >= 4 is 27.2 Å². The number of rotatable bonds is 2. The van der Waals surface area contributed by atoms with Crippen LogP contribution in [0.25, 0.3) is 21.6 Å². The molecule has 1 N–H and O–H groups in total. The molecule has 0 saturated heterocycles. The average Bonchev–Trinajstić information content (AvgIpc) is 2.74. The molecular weight excluding hydrogens is 290 g/mol. The van der Waals surface area contributed by atoms with Crippen LogP contribution in [0.3, 0.4) is 0 Å². The molecule has 0 atom stereocenters. The lowest BCUT2D eigenvalue weighted by molar-refractivity contribution is -0.384. The molecule has 0 spiro atoms. The maximum absolute atomic E-state index is 12.2. The third-order valence-corrected chi connectivity index (χ3v) is 4.49. The first kappa shape index (κ1) is 13.4. The van der Waals surface area contributed by atoms with E-state index in [-0.39, 0.29) is 11.2 Å². The summed E-state index contributed by atoms with van der Waals surface area (Å²) < 4.78 is 0. The Morgan fingerprint density at radius 2 is 1.90 bits per heavy atom. The monoisotopic (exact) mass is 301 g/mol. The SMILES string of the molecule is Cc1sc2nc(-c3ccc([N+](=O)[O-])cc3)[nH]c(=O)c2c1C. The maximum Gasteiger partial charge on any atom is 0.269 e. The van der Waals surface area contributed by atoms with Gasteiger partial charge in [0.1, 0.15) is 10.7 Å². The second kappa shape index (κ2) is 4.78. The van der Waals surface area contributed by atoms with Gasteiger partial charge in [-0.05, 0) is 31.5 Å². The van der Waals surface area contributed by atoms with E-state index >= 15 is 0 Å². The van der Waals surface area contributed by atoms with Crippen LogP contribution in [0.4, 0.5) is 5.69 Å². The zero-order valence-electron chi connectivity index (χ0n) is 11.3. The molecular formula is C14H11N3O3S. The summed E-state index contributed by atoms with van der Waals surface area (Å²) >= 11 is 1.47. The lowest BCUT2D eigenvalue weighted by Gasteiger charge is -2.01. The van der Waals surface area contributed by atoms with Crippen LogP contribution in [0, 0.1) is 24.0 Å². The minimum Gasteiger partial charge on any atom is -0.306 e. The minimum absolute atomic E-state index is 0.00462. The van der Waals surface area contributed by atoms with Crippen LogP contribution in [-0.2, 0) is 0 Å². The summed E-state index contributed by atoms with van der Waals surface area (Å²) in [6, 6.07) is 5.94. The Balaban J connectivity index is 2.17. The van der Waals surface area contributed by atoms with Crippen molar-refractivity contribution in [3.8, 4) is 11.4 Å². The summed E-state index contributed by atoms with van der Waals surface area (Å²) in [6.07, 6.45) is 0. The number of non-ortho nitro benzene ring substituents is 1. The number of hydrogen-bond donors (Lipinski definition) is 1. The molecule has 0 saturated carbocycles. The number of fused-ring (bicyclic) bond motifs is 1. The molecule has 106 valence electrons. The van der Waals surface area contributed by atoms with Crippen molar-refractivity contribution in [3.63, 3.8) is 0 Å². The quantitative estimate of drug-likeness (QED) is 0.581. The van der Waals surface area contributed by atoms with Gasteiger partial charge in [0.25, 0.3) is 11.2 Å². The number of nitrogens with one attached hydrogen (secondary N) is 1. The summed E-state index contributed by atoms with van der Waals surface area (Å²) in [6.45, 7) is 3.85. The minimum atomic E-state index is -0.463. The highest BCUT2D eigenvalue weighted by molar-refractivity contribution is 7.18. The van der Waals surface area contributed by atoms with Gasteiger partial charge in [-0.1, -0.05) is 0 Å². The van der Waals surface area contributed by atoms with E-state index in [1.165, 1.54) is 23.5 Å². The number of aromatic nitrogens is 2. The van der Waals surface area contributed by atoms with Crippen molar-refractivity contribution in [1.82, 2.24) is 9.97 Å². The van der Waals surface area contributed by atoms with Gasteiger partial charge in [-0.2, -0.15) is 0 Å². The van der Waals surface area contributed by atoms with E-state index < -0.39 is 4.92 Å². The Morgan fingerprint density at radius 1 is 1.24 bits per heavy atom. The lowest BCUT2D eigenvalue weighted by Crippen LogP contribution is -2.09. The Hall–Kier alpha value is -2.54. The predicted octanol–water partition coefficient (Wildman–Crippen LogP) is 3.18. The topological polar surface area (TPSA) is 88.9 Å². The number of nitro benzene ring substituents is 1. The zero-order chi connectivity index (χ0) is 15.1. The first-order chi connectivity index (χ1) is 9.97. The molecule has 3 rings (SSSR count). The normalized spacial score (nSPS) is 11.0. The van der Waals surface area contributed by atoms with Gasteiger partial charge in [0.05, 0.1) is 10.3 Å². The first-order valence-electron chi connectivity index (χ1n) is 6.22. The van der Waals surface area contributed by atoms with Crippen molar-refractivity contribution in [2.75, 3.05) is 0 Å². The molecule has 2 heterocycles. The molecule has 0 aliphatic carbocycles. The van der Waals surface area contributed by atoms with Crippen molar-refractivity contribution in [2.45, 2.75) is 13.8 Å². The number of thiophene rings is 1. The smallest absolute Gasteiger partial charge is 0.269 e. The van der Waals surface area contributed by atoms with Crippen molar-refractivity contribution < 1.29 is 4.92 Å². The molecule has 0 aliphatic heterocycles. The van der Waals surface area contributed by atoms with E-state index in [4.69, 9.17) is 0 Å². The van der Waals surface area contributed by atoms with Gasteiger partial charge in [0.15, 0.2) is 0 Å². The third kappa shape index (κ3) is 2.21. The van der Waals surface area contributed by atoms with Gasteiger partial charge in [-0.25, -0.2) is 4.98 Å². The van der Waals surface area contributed by atoms with E-state index in [1.54, 1.807) is 12.1 Å². The molecule has 0 radical (unpaired) electrons. The van der Waals surface area contributed by atoms with Crippen molar-refractivity contribution in [2.24, 2.45) is 0 Å². The van der Waals surface area contributed by atoms with Crippen LogP contribution in [0.1, 0.15) is 10.4 Å². The summed E-state index contributed by atoms with van der Waals surface area (Å²) in [4.78, 5) is 31.3. The standard InChI is InChI=1S/C14H11N3O3S/c1-7-8(2)21-14-11(7)13(18)15-12(16-14)9-3-5-10(6-4-9)17(19)20/h3-6H,1-2H3,(H,15,16,18). The molecule has 0 bridgehead atoms. The summed E-state index contributed by atoms with van der Waals surface area (Å²) in [5, 5.41) is 11.3. The molecule has 6 nitrogen and oxygen atoms in total. The van der Waals surface area contributed by atoms with Gasteiger partial charge in [-0.3, -0.25) is 14.9 Å². The first-order valence-corrected chi connectivity index (χ1v) is 7.04. The van der Waals surface area contributed by atoms with Crippen LogP contribution in [0.2, 0.25) is 0 Å². The van der Waals surface area contributed by atoms with Gasteiger partial charge in [0.2, 0.25) is 0 Å². The fourth-order valence-corrected chi connectivity index (χ4v) is 3.16. The highest BCUT2D eigenvalue weighted by Crippen LogP contribution is 2.27. The van der Waals surface area contributed by atoms with E-state index in [0.29, 0.717) is 21.6 Å². The van der Waals surface area contributed by atoms with E-state index in [9.17, 15) is 14.9 Å².